The van der Waals surface area contributed by atoms with Crippen molar-refractivity contribution in [2.24, 2.45) is 12.8 Å². The molecule has 0 amide bonds. The summed E-state index contributed by atoms with van der Waals surface area (Å²) in [7, 11) is 2.93. The number of hydrogen-bond donors (Lipinski definition) is 1. The largest absolute Gasteiger partial charge is 0.493 e. The highest BCUT2D eigenvalue weighted by molar-refractivity contribution is 5.28. The zero-order valence-electron chi connectivity index (χ0n) is 7.37. The first kappa shape index (κ1) is 9.91. The monoisotopic (exact) mass is 191 g/mol. The Morgan fingerprint density at radius 1 is 1.62 bits per heavy atom. The van der Waals surface area contributed by atoms with Gasteiger partial charge in [0, 0.05) is 7.05 Å². The summed E-state index contributed by atoms with van der Waals surface area (Å²) in [6.45, 7) is 0. The number of nitrogens with zero attached hydrogens (tertiary/aromatic N) is 2. The molecule has 1 unspecified atom stereocenters. The Morgan fingerprint density at radius 2 is 2.23 bits per heavy atom. The second kappa shape index (κ2) is 3.69. The molecule has 0 radical (unpaired) electrons. The van der Waals surface area contributed by atoms with Gasteiger partial charge in [-0.1, -0.05) is 0 Å². The van der Waals surface area contributed by atoms with Gasteiger partial charge in [0.25, 0.3) is 6.43 Å². The van der Waals surface area contributed by atoms with E-state index in [0.29, 0.717) is 0 Å². The Bertz CT molecular complexity index is 287. The average Bonchev–Trinajstić information content (AvgIpc) is 2.45. The van der Waals surface area contributed by atoms with E-state index in [1.54, 1.807) is 7.05 Å². The molecule has 6 heteroatoms. The average molecular weight is 191 g/mol. The van der Waals surface area contributed by atoms with Crippen molar-refractivity contribution in [3.63, 3.8) is 0 Å². The standard InChI is InChI=1S/C7H11F2N3O/c1-12-6(5(10)7(8)9)4(13-2)3-11-12/h3,5,7H,10H2,1-2H3. The van der Waals surface area contributed by atoms with Crippen molar-refractivity contribution >= 4 is 0 Å². The lowest BCUT2D eigenvalue weighted by atomic mass is 10.2. The number of methoxy groups -OCH3 is 1. The number of rotatable bonds is 3. The number of aryl methyl sites for hydroxylation is 1. The molecule has 0 bridgehead atoms. The SMILES string of the molecule is COc1cnn(C)c1C(N)C(F)F. The smallest absolute Gasteiger partial charge is 0.259 e. The Labute approximate surface area is 74.3 Å². The number of ether oxygens (including phenoxy) is 1. The van der Waals surface area contributed by atoms with Crippen molar-refractivity contribution in [3.05, 3.63) is 11.9 Å². The predicted molar refractivity (Wildman–Crippen MR) is 42.7 cm³/mol. The quantitative estimate of drug-likeness (QED) is 0.764. The minimum atomic E-state index is -2.62. The molecule has 74 valence electrons. The van der Waals surface area contributed by atoms with Gasteiger partial charge in [-0.15, -0.1) is 0 Å². The number of hydrogen-bond acceptors (Lipinski definition) is 3. The number of aromatic nitrogens is 2. The lowest BCUT2D eigenvalue weighted by Crippen LogP contribution is -2.22. The van der Waals surface area contributed by atoms with Crippen LogP contribution in [-0.4, -0.2) is 23.3 Å². The molecule has 1 rings (SSSR count). The molecule has 2 N–H and O–H groups in total. The van der Waals surface area contributed by atoms with E-state index in [0.717, 1.165) is 0 Å². The summed E-state index contributed by atoms with van der Waals surface area (Å²) in [6, 6.07) is -1.36. The summed E-state index contributed by atoms with van der Waals surface area (Å²) in [5.41, 5.74) is 5.47. The molecule has 0 aliphatic carbocycles. The van der Waals surface area contributed by atoms with Crippen LogP contribution in [0.15, 0.2) is 6.20 Å². The summed E-state index contributed by atoms with van der Waals surface area (Å²) >= 11 is 0. The van der Waals surface area contributed by atoms with Crippen LogP contribution < -0.4 is 10.5 Å². The molecular weight excluding hydrogens is 180 g/mol. The Morgan fingerprint density at radius 3 is 2.69 bits per heavy atom. The van der Waals surface area contributed by atoms with Crippen molar-refractivity contribution in [1.82, 2.24) is 9.78 Å². The summed E-state index contributed by atoms with van der Waals surface area (Å²) in [4.78, 5) is 0. The van der Waals surface area contributed by atoms with Gasteiger partial charge in [-0.2, -0.15) is 5.10 Å². The maximum absolute atomic E-state index is 12.3. The van der Waals surface area contributed by atoms with E-state index >= 15 is 0 Å². The van der Waals surface area contributed by atoms with Crippen LogP contribution >= 0.6 is 0 Å². The van der Waals surface area contributed by atoms with Crippen LogP contribution in [0.2, 0.25) is 0 Å². The molecule has 0 fully saturated rings. The molecule has 0 saturated heterocycles. The van der Waals surface area contributed by atoms with Crippen LogP contribution in [0.25, 0.3) is 0 Å². The fourth-order valence-corrected chi connectivity index (χ4v) is 1.08. The predicted octanol–water partition coefficient (Wildman–Crippen LogP) is 0.694. The Hall–Kier alpha value is -1.17. The van der Waals surface area contributed by atoms with Crippen LogP contribution in [-0.2, 0) is 7.05 Å². The number of nitrogens with two attached hydrogens (primary N) is 1. The van der Waals surface area contributed by atoms with Gasteiger partial charge in [-0.05, 0) is 0 Å². The molecule has 1 aromatic heterocycles. The van der Waals surface area contributed by atoms with Crippen molar-refractivity contribution in [1.29, 1.82) is 0 Å². The van der Waals surface area contributed by atoms with E-state index < -0.39 is 12.5 Å². The van der Waals surface area contributed by atoms with Gasteiger partial charge >= 0.3 is 0 Å². The normalized spacial score (nSPS) is 13.4. The van der Waals surface area contributed by atoms with E-state index in [2.05, 4.69) is 5.10 Å². The van der Waals surface area contributed by atoms with E-state index in [1.165, 1.54) is 18.0 Å². The molecule has 0 aromatic carbocycles. The maximum Gasteiger partial charge on any atom is 0.259 e. The first-order valence-electron chi connectivity index (χ1n) is 3.67. The van der Waals surface area contributed by atoms with Crippen LogP contribution in [0.3, 0.4) is 0 Å². The summed E-state index contributed by atoms with van der Waals surface area (Å²) in [6.07, 6.45) is -1.26. The molecule has 0 saturated carbocycles. The fraction of sp³-hybridized carbons (Fsp3) is 0.571. The molecule has 4 nitrogen and oxygen atoms in total. The topological polar surface area (TPSA) is 53.1 Å². The minimum Gasteiger partial charge on any atom is -0.493 e. The third kappa shape index (κ3) is 1.77. The van der Waals surface area contributed by atoms with Crippen LogP contribution in [0.5, 0.6) is 5.75 Å². The zero-order valence-corrected chi connectivity index (χ0v) is 7.37. The fourth-order valence-electron chi connectivity index (χ4n) is 1.08. The zero-order chi connectivity index (χ0) is 10.0. The third-order valence-corrected chi connectivity index (χ3v) is 1.76. The van der Waals surface area contributed by atoms with Gasteiger partial charge in [0.1, 0.15) is 11.7 Å². The van der Waals surface area contributed by atoms with E-state index in [1.807, 2.05) is 0 Å². The van der Waals surface area contributed by atoms with Crippen LogP contribution in [0, 0.1) is 0 Å². The van der Waals surface area contributed by atoms with Crippen molar-refractivity contribution in [2.45, 2.75) is 12.5 Å². The van der Waals surface area contributed by atoms with E-state index in [9.17, 15) is 8.78 Å². The molecule has 1 atom stereocenters. The highest BCUT2D eigenvalue weighted by Crippen LogP contribution is 2.26. The molecule has 1 aromatic rings. The van der Waals surface area contributed by atoms with Gasteiger partial charge in [-0.3, -0.25) is 4.68 Å². The third-order valence-electron chi connectivity index (χ3n) is 1.76. The van der Waals surface area contributed by atoms with Gasteiger partial charge in [0.15, 0.2) is 5.75 Å². The first-order valence-corrected chi connectivity index (χ1v) is 3.67. The highest BCUT2D eigenvalue weighted by atomic mass is 19.3. The Kier molecular flexibility index (Phi) is 2.82. The van der Waals surface area contributed by atoms with E-state index in [4.69, 9.17) is 10.5 Å². The van der Waals surface area contributed by atoms with Gasteiger partial charge in [-0.25, -0.2) is 8.78 Å². The van der Waals surface area contributed by atoms with Crippen LogP contribution in [0.4, 0.5) is 8.78 Å². The second-order valence-electron chi connectivity index (χ2n) is 2.58. The molecule has 0 aliphatic heterocycles. The number of halogens is 2. The first-order chi connectivity index (χ1) is 6.07. The van der Waals surface area contributed by atoms with Crippen molar-refractivity contribution in [3.8, 4) is 5.75 Å². The van der Waals surface area contributed by atoms with E-state index in [-0.39, 0.29) is 11.4 Å². The molecule has 0 spiro atoms. The second-order valence-corrected chi connectivity index (χ2v) is 2.58. The molecule has 13 heavy (non-hydrogen) atoms. The summed E-state index contributed by atoms with van der Waals surface area (Å²) in [5, 5.41) is 3.77. The lowest BCUT2D eigenvalue weighted by Gasteiger charge is -2.12. The Balaban J connectivity index is 3.03. The maximum atomic E-state index is 12.3. The van der Waals surface area contributed by atoms with Gasteiger partial charge in [0.05, 0.1) is 13.3 Å². The van der Waals surface area contributed by atoms with Crippen LogP contribution in [0.1, 0.15) is 11.7 Å². The lowest BCUT2D eigenvalue weighted by molar-refractivity contribution is 0.111. The molecule has 0 aliphatic rings. The summed E-state index contributed by atoms with van der Waals surface area (Å²) in [5.74, 6) is 0.287. The number of alkyl halides is 2. The van der Waals surface area contributed by atoms with Gasteiger partial charge < -0.3 is 10.5 Å². The molecule has 1 heterocycles. The van der Waals surface area contributed by atoms with Crippen molar-refractivity contribution in [2.75, 3.05) is 7.11 Å². The summed E-state index contributed by atoms with van der Waals surface area (Å²) < 4.78 is 30.7. The van der Waals surface area contributed by atoms with Crippen molar-refractivity contribution < 1.29 is 13.5 Å². The molecular formula is C7H11F2N3O. The van der Waals surface area contributed by atoms with Gasteiger partial charge in [0.2, 0.25) is 0 Å². The highest BCUT2D eigenvalue weighted by Gasteiger charge is 2.24. The minimum absolute atomic E-state index is 0.206.